The summed E-state index contributed by atoms with van der Waals surface area (Å²) in [5, 5.41) is 4.47. The Morgan fingerprint density at radius 2 is 1.79 bits per heavy atom. The number of pyridine rings is 1. The predicted molar refractivity (Wildman–Crippen MR) is 120 cm³/mol. The molecule has 7 nitrogen and oxygen atoms in total. The van der Waals surface area contributed by atoms with E-state index in [2.05, 4.69) is 10.1 Å². The van der Waals surface area contributed by atoms with E-state index in [0.29, 0.717) is 30.8 Å². The van der Waals surface area contributed by atoms with Crippen molar-refractivity contribution in [3.05, 3.63) is 84.6 Å². The van der Waals surface area contributed by atoms with Crippen molar-refractivity contribution >= 4 is 15.7 Å². The Morgan fingerprint density at radius 3 is 2.53 bits per heavy atom. The first kappa shape index (κ1) is 23.5. The van der Waals surface area contributed by atoms with Crippen molar-refractivity contribution in [2.45, 2.75) is 11.4 Å². The number of benzene rings is 2. The third-order valence-electron chi connectivity index (χ3n) is 4.96. The topological polar surface area (TPSA) is 86.1 Å². The maximum atomic E-state index is 15.6. The van der Waals surface area contributed by atoms with E-state index >= 15 is 4.39 Å². The molecule has 0 amide bonds. The van der Waals surface area contributed by atoms with Gasteiger partial charge in [0.2, 0.25) is 0 Å². The highest BCUT2D eigenvalue weighted by Crippen LogP contribution is 2.35. The first-order valence-electron chi connectivity index (χ1n) is 10.0. The Bertz CT molecular complexity index is 1430. The van der Waals surface area contributed by atoms with Crippen LogP contribution in [0.2, 0.25) is 0 Å². The molecule has 4 aromatic rings. The number of hydrogen-bond acceptors (Lipinski definition) is 5. The summed E-state index contributed by atoms with van der Waals surface area (Å²) in [5.74, 6) is -3.03. The van der Waals surface area contributed by atoms with E-state index in [9.17, 15) is 17.2 Å². The summed E-state index contributed by atoms with van der Waals surface area (Å²) in [5.41, 5.74) is 1.16. The summed E-state index contributed by atoms with van der Waals surface area (Å²) in [6, 6.07) is 9.53. The van der Waals surface area contributed by atoms with Crippen molar-refractivity contribution in [3.63, 3.8) is 0 Å². The fourth-order valence-electron chi connectivity index (χ4n) is 3.34. The van der Waals surface area contributed by atoms with Gasteiger partial charge in [0.15, 0.2) is 5.82 Å². The van der Waals surface area contributed by atoms with Crippen molar-refractivity contribution < 1.29 is 26.3 Å². The third-order valence-corrected chi connectivity index (χ3v) is 6.34. The molecule has 0 fully saturated rings. The number of hydrogen-bond donors (Lipinski definition) is 1. The van der Waals surface area contributed by atoms with Crippen molar-refractivity contribution in [3.8, 4) is 22.4 Å². The van der Waals surface area contributed by atoms with Crippen LogP contribution >= 0.6 is 0 Å². The monoisotopic (exact) mass is 488 g/mol. The normalized spacial score (nSPS) is 11.5. The van der Waals surface area contributed by atoms with Crippen LogP contribution in [0.15, 0.2) is 72.0 Å². The molecule has 0 atom stereocenters. The minimum absolute atomic E-state index is 0.0166. The van der Waals surface area contributed by atoms with Crippen LogP contribution in [-0.2, 0) is 21.3 Å². The number of aromatic nitrogens is 3. The van der Waals surface area contributed by atoms with Crippen molar-refractivity contribution in [2.75, 3.05) is 18.4 Å². The summed E-state index contributed by atoms with van der Waals surface area (Å²) in [6.07, 6.45) is 4.89. The van der Waals surface area contributed by atoms with Gasteiger partial charge in [0, 0.05) is 36.8 Å². The summed E-state index contributed by atoms with van der Waals surface area (Å²) in [6.45, 7) is 0.778. The number of nitrogens with zero attached hydrogens (tertiary/aromatic N) is 3. The maximum Gasteiger partial charge on any atom is 0.265 e. The average molecular weight is 488 g/mol. The molecule has 0 saturated carbocycles. The largest absolute Gasteiger partial charge is 0.383 e. The maximum absolute atomic E-state index is 15.6. The van der Waals surface area contributed by atoms with E-state index < -0.39 is 38.1 Å². The number of anilines is 1. The van der Waals surface area contributed by atoms with Gasteiger partial charge in [-0.05, 0) is 48.0 Å². The minimum atomic E-state index is -4.61. The van der Waals surface area contributed by atoms with E-state index in [1.807, 2.05) is 4.72 Å². The van der Waals surface area contributed by atoms with Crippen LogP contribution in [0.25, 0.3) is 22.4 Å². The molecule has 0 spiro atoms. The molecule has 0 aliphatic rings. The fraction of sp³-hybridized carbons (Fsp3) is 0.130. The molecular formula is C23H19F3N4O3S. The van der Waals surface area contributed by atoms with E-state index in [4.69, 9.17) is 4.74 Å². The molecule has 0 aliphatic carbocycles. The standard InChI is InChI=1S/C23H19F3N4O3S/c1-33-12-11-30-14-18(15-7-9-27-10-8-15)23(28-30)17-3-2-4-20(22(17)26)29-34(31,32)21-13-16(24)5-6-19(21)25/h2-10,13-14,29H,11-12H2,1H3. The zero-order valence-electron chi connectivity index (χ0n) is 17.9. The van der Waals surface area contributed by atoms with Crippen LogP contribution in [0, 0.1) is 17.5 Å². The molecule has 4 rings (SSSR count). The second kappa shape index (κ2) is 9.65. The molecule has 2 aromatic carbocycles. The van der Waals surface area contributed by atoms with E-state index in [0.717, 1.165) is 11.6 Å². The molecule has 0 aliphatic heterocycles. The molecule has 1 N–H and O–H groups in total. The molecule has 2 aromatic heterocycles. The van der Waals surface area contributed by atoms with Crippen molar-refractivity contribution in [2.24, 2.45) is 0 Å². The summed E-state index contributed by atoms with van der Waals surface area (Å²) >= 11 is 0. The van der Waals surface area contributed by atoms with E-state index in [1.165, 1.54) is 18.2 Å². The number of ether oxygens (including phenoxy) is 1. The van der Waals surface area contributed by atoms with Gasteiger partial charge in [-0.2, -0.15) is 5.10 Å². The molecule has 2 heterocycles. The molecule has 0 bridgehead atoms. The van der Waals surface area contributed by atoms with Gasteiger partial charge in [0.25, 0.3) is 10.0 Å². The zero-order valence-corrected chi connectivity index (χ0v) is 18.7. The lowest BCUT2D eigenvalue weighted by Crippen LogP contribution is -2.16. The van der Waals surface area contributed by atoms with E-state index in [-0.39, 0.29) is 11.3 Å². The Morgan fingerprint density at radius 1 is 1.03 bits per heavy atom. The van der Waals surface area contributed by atoms with E-state index in [1.54, 1.807) is 42.5 Å². The fourth-order valence-corrected chi connectivity index (χ4v) is 4.49. The van der Waals surface area contributed by atoms with Crippen LogP contribution in [0.1, 0.15) is 0 Å². The lowest BCUT2D eigenvalue weighted by atomic mass is 10.0. The predicted octanol–water partition coefficient (Wildman–Crippen LogP) is 4.48. The second-order valence-electron chi connectivity index (χ2n) is 7.23. The second-order valence-corrected chi connectivity index (χ2v) is 8.88. The Kier molecular flexibility index (Phi) is 6.66. The van der Waals surface area contributed by atoms with Gasteiger partial charge in [-0.3, -0.25) is 14.4 Å². The van der Waals surface area contributed by atoms with Gasteiger partial charge in [0.1, 0.15) is 22.2 Å². The summed E-state index contributed by atoms with van der Waals surface area (Å²) in [7, 11) is -3.07. The Hall–Kier alpha value is -3.70. The summed E-state index contributed by atoms with van der Waals surface area (Å²) in [4.78, 5) is 3.06. The number of sulfonamides is 1. The molecule has 0 radical (unpaired) electrons. The average Bonchev–Trinajstić information content (AvgIpc) is 3.25. The van der Waals surface area contributed by atoms with Crippen LogP contribution in [0.4, 0.5) is 18.9 Å². The number of methoxy groups -OCH3 is 1. The smallest absolute Gasteiger partial charge is 0.265 e. The van der Waals surface area contributed by atoms with Gasteiger partial charge in [-0.15, -0.1) is 0 Å². The van der Waals surface area contributed by atoms with Gasteiger partial charge in [-0.1, -0.05) is 6.07 Å². The van der Waals surface area contributed by atoms with Gasteiger partial charge >= 0.3 is 0 Å². The van der Waals surface area contributed by atoms with Crippen LogP contribution < -0.4 is 4.72 Å². The molecular weight excluding hydrogens is 469 g/mol. The third kappa shape index (κ3) is 4.80. The first-order chi connectivity index (χ1) is 16.3. The Labute approximate surface area is 193 Å². The molecule has 176 valence electrons. The quantitative estimate of drug-likeness (QED) is 0.395. The van der Waals surface area contributed by atoms with Crippen LogP contribution in [0.3, 0.4) is 0 Å². The highest BCUT2D eigenvalue weighted by atomic mass is 32.2. The molecule has 0 saturated heterocycles. The first-order valence-corrected chi connectivity index (χ1v) is 11.5. The highest BCUT2D eigenvalue weighted by molar-refractivity contribution is 7.92. The number of nitrogens with one attached hydrogen (secondary N) is 1. The highest BCUT2D eigenvalue weighted by Gasteiger charge is 2.24. The van der Waals surface area contributed by atoms with Gasteiger partial charge in [0.05, 0.1) is 18.8 Å². The molecule has 11 heteroatoms. The Balaban J connectivity index is 1.78. The van der Waals surface area contributed by atoms with Crippen LogP contribution in [-0.4, -0.2) is 36.9 Å². The zero-order chi connectivity index (χ0) is 24.3. The molecule has 34 heavy (non-hydrogen) atoms. The minimum Gasteiger partial charge on any atom is -0.383 e. The van der Waals surface area contributed by atoms with Crippen LogP contribution in [0.5, 0.6) is 0 Å². The lowest BCUT2D eigenvalue weighted by molar-refractivity contribution is 0.183. The number of halogens is 3. The summed E-state index contributed by atoms with van der Waals surface area (Å²) < 4.78 is 77.1. The molecule has 0 unspecified atom stereocenters. The SMILES string of the molecule is COCCn1cc(-c2ccncc2)c(-c2cccc(NS(=O)(=O)c3cc(F)ccc3F)c2F)n1. The van der Waals surface area contributed by atoms with Crippen molar-refractivity contribution in [1.29, 1.82) is 0 Å². The van der Waals surface area contributed by atoms with Crippen molar-refractivity contribution in [1.82, 2.24) is 14.8 Å². The van der Waals surface area contributed by atoms with Gasteiger partial charge in [-0.25, -0.2) is 21.6 Å². The lowest BCUT2D eigenvalue weighted by Gasteiger charge is -2.12. The van der Waals surface area contributed by atoms with Gasteiger partial charge < -0.3 is 4.74 Å². The number of rotatable bonds is 8.